The van der Waals surface area contributed by atoms with Crippen molar-refractivity contribution < 1.29 is 14.3 Å². The van der Waals surface area contributed by atoms with Crippen molar-refractivity contribution in [1.82, 2.24) is 5.43 Å². The van der Waals surface area contributed by atoms with Crippen LogP contribution >= 0.6 is 11.6 Å². The molecule has 0 aliphatic heterocycles. The second-order valence-corrected chi connectivity index (χ2v) is 6.09. The van der Waals surface area contributed by atoms with Crippen LogP contribution in [0.5, 0.6) is 11.5 Å². The Morgan fingerprint density at radius 1 is 1.19 bits per heavy atom. The van der Waals surface area contributed by atoms with E-state index >= 15 is 0 Å². The van der Waals surface area contributed by atoms with Crippen molar-refractivity contribution in [3.8, 4) is 11.5 Å². The number of ether oxygens (including phenoxy) is 2. The molecule has 0 aliphatic carbocycles. The molecule has 2 rings (SSSR count). The van der Waals surface area contributed by atoms with Gasteiger partial charge in [0.25, 0.3) is 0 Å². The molecular weight excluding hydrogens is 352 g/mol. The first-order chi connectivity index (χ1) is 12.6. The molecule has 0 radical (unpaired) electrons. The Bertz CT molecular complexity index is 745. The van der Waals surface area contributed by atoms with Gasteiger partial charge in [-0.05, 0) is 73.9 Å². The van der Waals surface area contributed by atoms with Crippen molar-refractivity contribution in [2.45, 2.75) is 26.7 Å². The Labute approximate surface area is 159 Å². The molecule has 0 aromatic heterocycles. The number of hydrogen-bond acceptors (Lipinski definition) is 4. The number of carbonyl (C=O) groups is 1. The standard InChI is InChI=1S/C20H23ClN2O3/c1-3-25-18-9-6-16(7-10-18)14-22-23-20(24)5-4-12-26-19-11-8-17(21)13-15(19)2/h6-11,13-14H,3-5,12H2,1-2H3,(H,23,24). The van der Waals surface area contributed by atoms with Crippen molar-refractivity contribution >= 4 is 23.7 Å². The van der Waals surface area contributed by atoms with Crippen LogP contribution in [0.15, 0.2) is 47.6 Å². The van der Waals surface area contributed by atoms with Crippen molar-refractivity contribution in [2.24, 2.45) is 5.10 Å². The van der Waals surface area contributed by atoms with E-state index in [9.17, 15) is 4.79 Å². The van der Waals surface area contributed by atoms with Crippen molar-refractivity contribution in [2.75, 3.05) is 13.2 Å². The number of nitrogens with one attached hydrogen (secondary N) is 1. The summed E-state index contributed by atoms with van der Waals surface area (Å²) in [5.74, 6) is 1.44. The van der Waals surface area contributed by atoms with Crippen LogP contribution < -0.4 is 14.9 Å². The lowest BCUT2D eigenvalue weighted by Gasteiger charge is -2.08. The zero-order valence-electron chi connectivity index (χ0n) is 15.0. The molecule has 0 unspecified atom stereocenters. The van der Waals surface area contributed by atoms with Gasteiger partial charge in [0, 0.05) is 11.4 Å². The molecule has 2 aromatic rings. The minimum absolute atomic E-state index is 0.149. The Kier molecular flexibility index (Phi) is 7.96. The molecule has 26 heavy (non-hydrogen) atoms. The number of nitrogens with zero attached hydrogens (tertiary/aromatic N) is 1. The second-order valence-electron chi connectivity index (χ2n) is 5.66. The first-order valence-electron chi connectivity index (χ1n) is 8.52. The Morgan fingerprint density at radius 3 is 2.65 bits per heavy atom. The maximum absolute atomic E-state index is 11.8. The molecule has 5 nitrogen and oxygen atoms in total. The lowest BCUT2D eigenvalue weighted by molar-refractivity contribution is -0.121. The third-order valence-corrected chi connectivity index (χ3v) is 3.77. The van der Waals surface area contributed by atoms with Gasteiger partial charge < -0.3 is 9.47 Å². The molecule has 0 bridgehead atoms. The summed E-state index contributed by atoms with van der Waals surface area (Å²) in [6, 6.07) is 12.9. The van der Waals surface area contributed by atoms with E-state index in [1.807, 2.05) is 50.2 Å². The van der Waals surface area contributed by atoms with Crippen LogP contribution in [0.2, 0.25) is 5.02 Å². The quantitative estimate of drug-likeness (QED) is 0.403. The molecule has 1 amide bonds. The third-order valence-electron chi connectivity index (χ3n) is 3.54. The van der Waals surface area contributed by atoms with E-state index < -0.39 is 0 Å². The molecule has 0 saturated carbocycles. The van der Waals surface area contributed by atoms with Gasteiger partial charge in [0.2, 0.25) is 5.91 Å². The fraction of sp³-hybridized carbons (Fsp3) is 0.300. The highest BCUT2D eigenvalue weighted by atomic mass is 35.5. The fourth-order valence-corrected chi connectivity index (χ4v) is 2.47. The minimum atomic E-state index is -0.149. The van der Waals surface area contributed by atoms with Crippen LogP contribution in [0.4, 0.5) is 0 Å². The van der Waals surface area contributed by atoms with Gasteiger partial charge in [0.05, 0.1) is 19.4 Å². The maximum atomic E-state index is 11.8. The largest absolute Gasteiger partial charge is 0.494 e. The van der Waals surface area contributed by atoms with E-state index in [0.29, 0.717) is 31.1 Å². The number of hydrogen-bond donors (Lipinski definition) is 1. The van der Waals surface area contributed by atoms with Gasteiger partial charge in [0.1, 0.15) is 11.5 Å². The molecule has 0 spiro atoms. The maximum Gasteiger partial charge on any atom is 0.240 e. The van der Waals surface area contributed by atoms with Crippen molar-refractivity contribution in [1.29, 1.82) is 0 Å². The first kappa shape index (κ1) is 19.8. The van der Waals surface area contributed by atoms with Crippen LogP contribution in [0.25, 0.3) is 0 Å². The highest BCUT2D eigenvalue weighted by Gasteiger charge is 2.03. The van der Waals surface area contributed by atoms with E-state index in [0.717, 1.165) is 22.6 Å². The lowest BCUT2D eigenvalue weighted by Crippen LogP contribution is -2.18. The van der Waals surface area contributed by atoms with Gasteiger partial charge in [0.15, 0.2) is 0 Å². The molecular formula is C20H23ClN2O3. The zero-order valence-corrected chi connectivity index (χ0v) is 15.8. The van der Waals surface area contributed by atoms with E-state index in [-0.39, 0.29) is 5.91 Å². The summed E-state index contributed by atoms with van der Waals surface area (Å²) in [5.41, 5.74) is 4.37. The summed E-state index contributed by atoms with van der Waals surface area (Å²) >= 11 is 5.91. The summed E-state index contributed by atoms with van der Waals surface area (Å²) < 4.78 is 11.0. The fourth-order valence-electron chi connectivity index (χ4n) is 2.24. The van der Waals surface area contributed by atoms with Crippen molar-refractivity contribution in [3.63, 3.8) is 0 Å². The van der Waals surface area contributed by atoms with E-state index in [1.54, 1.807) is 12.3 Å². The molecule has 0 aliphatic rings. The SMILES string of the molecule is CCOc1ccc(C=NNC(=O)CCCOc2ccc(Cl)cc2C)cc1. The van der Waals surface area contributed by atoms with Crippen LogP contribution in [-0.2, 0) is 4.79 Å². The highest BCUT2D eigenvalue weighted by molar-refractivity contribution is 6.30. The average molecular weight is 375 g/mol. The van der Waals surface area contributed by atoms with Crippen LogP contribution in [0, 0.1) is 6.92 Å². The second kappa shape index (κ2) is 10.5. The van der Waals surface area contributed by atoms with Crippen LogP contribution in [0.1, 0.15) is 30.9 Å². The lowest BCUT2D eigenvalue weighted by atomic mass is 10.2. The number of amides is 1. The predicted octanol–water partition coefficient (Wildman–Crippen LogP) is 4.36. The molecule has 6 heteroatoms. The summed E-state index contributed by atoms with van der Waals surface area (Å²) in [5, 5.41) is 4.64. The smallest absolute Gasteiger partial charge is 0.240 e. The monoisotopic (exact) mass is 374 g/mol. The summed E-state index contributed by atoms with van der Waals surface area (Å²) in [4.78, 5) is 11.8. The number of rotatable bonds is 9. The molecule has 1 N–H and O–H groups in total. The molecule has 2 aromatic carbocycles. The Hall–Kier alpha value is -2.53. The summed E-state index contributed by atoms with van der Waals surface area (Å²) in [6.07, 6.45) is 2.54. The summed E-state index contributed by atoms with van der Waals surface area (Å²) in [6.45, 7) is 4.96. The third kappa shape index (κ3) is 6.76. The minimum Gasteiger partial charge on any atom is -0.494 e. The van der Waals surface area contributed by atoms with Gasteiger partial charge in [-0.15, -0.1) is 0 Å². The number of halogens is 1. The molecule has 0 fully saturated rings. The molecule has 0 atom stereocenters. The van der Waals surface area contributed by atoms with E-state index in [1.165, 1.54) is 0 Å². The molecule has 138 valence electrons. The molecule has 0 heterocycles. The number of hydrazone groups is 1. The van der Waals surface area contributed by atoms with Gasteiger partial charge in [-0.25, -0.2) is 5.43 Å². The number of aryl methyl sites for hydroxylation is 1. The van der Waals surface area contributed by atoms with Gasteiger partial charge in [-0.2, -0.15) is 5.10 Å². The molecule has 0 saturated heterocycles. The summed E-state index contributed by atoms with van der Waals surface area (Å²) in [7, 11) is 0. The van der Waals surface area contributed by atoms with E-state index in [2.05, 4.69) is 10.5 Å². The Morgan fingerprint density at radius 2 is 1.96 bits per heavy atom. The first-order valence-corrected chi connectivity index (χ1v) is 8.90. The zero-order chi connectivity index (χ0) is 18.8. The average Bonchev–Trinajstić information content (AvgIpc) is 2.62. The normalized spacial score (nSPS) is 10.7. The number of carbonyl (C=O) groups excluding carboxylic acids is 1. The topological polar surface area (TPSA) is 59.9 Å². The van der Waals surface area contributed by atoms with Crippen molar-refractivity contribution in [3.05, 3.63) is 58.6 Å². The highest BCUT2D eigenvalue weighted by Crippen LogP contribution is 2.21. The van der Waals surface area contributed by atoms with Crippen LogP contribution in [0.3, 0.4) is 0 Å². The number of benzene rings is 2. The van der Waals surface area contributed by atoms with Gasteiger partial charge in [-0.1, -0.05) is 11.6 Å². The Balaban J connectivity index is 1.66. The predicted molar refractivity (Wildman–Crippen MR) is 104 cm³/mol. The van der Waals surface area contributed by atoms with E-state index in [4.69, 9.17) is 21.1 Å². The van der Waals surface area contributed by atoms with Gasteiger partial charge >= 0.3 is 0 Å². The van der Waals surface area contributed by atoms with Gasteiger partial charge in [-0.3, -0.25) is 4.79 Å². The van der Waals surface area contributed by atoms with Crippen LogP contribution in [-0.4, -0.2) is 25.3 Å².